The van der Waals surface area contributed by atoms with Crippen molar-refractivity contribution in [2.45, 2.75) is 51.0 Å². The summed E-state index contributed by atoms with van der Waals surface area (Å²) >= 11 is 0. The average Bonchev–Trinajstić information content (AvgIpc) is 3.24. The fourth-order valence-electron chi connectivity index (χ4n) is 4.78. The van der Waals surface area contributed by atoms with Crippen molar-refractivity contribution in [2.24, 2.45) is 5.92 Å². The van der Waals surface area contributed by atoms with Crippen LogP contribution in [0.25, 0.3) is 16.7 Å². The summed E-state index contributed by atoms with van der Waals surface area (Å²) in [6, 6.07) is 8.50. The quantitative estimate of drug-likeness (QED) is 0.758. The van der Waals surface area contributed by atoms with E-state index in [-0.39, 0.29) is 11.8 Å². The second-order valence-corrected chi connectivity index (χ2v) is 8.17. The van der Waals surface area contributed by atoms with E-state index in [1.807, 2.05) is 18.2 Å². The molecule has 1 aliphatic heterocycles. The molecule has 1 saturated carbocycles. The molecule has 5 rings (SSSR count). The Morgan fingerprint density at radius 3 is 2.79 bits per heavy atom. The highest BCUT2D eigenvalue weighted by molar-refractivity contribution is 5.84. The van der Waals surface area contributed by atoms with Crippen LogP contribution in [-0.4, -0.2) is 39.4 Å². The number of anilines is 1. The summed E-state index contributed by atoms with van der Waals surface area (Å²) in [6.07, 6.45) is 11.8. The summed E-state index contributed by atoms with van der Waals surface area (Å²) < 4.78 is 2.15. The van der Waals surface area contributed by atoms with Crippen LogP contribution in [0.3, 0.4) is 0 Å². The Hall–Kier alpha value is -2.63. The SMILES string of the molecule is O=C(NC1CCCCC1)C1CCCN(c2nc3ncccc3n3cccc23)C1. The first-order valence-corrected chi connectivity index (χ1v) is 10.6. The number of nitrogens with one attached hydrogen (secondary N) is 1. The van der Waals surface area contributed by atoms with Crippen molar-refractivity contribution in [3.63, 3.8) is 0 Å². The van der Waals surface area contributed by atoms with Crippen LogP contribution in [0.1, 0.15) is 44.9 Å². The molecular weight excluding hydrogens is 350 g/mol. The molecule has 1 amide bonds. The Morgan fingerprint density at radius 1 is 1.04 bits per heavy atom. The molecular formula is C22H27N5O. The highest BCUT2D eigenvalue weighted by Crippen LogP contribution is 2.29. The third-order valence-corrected chi connectivity index (χ3v) is 6.26. The van der Waals surface area contributed by atoms with E-state index in [2.05, 4.69) is 31.9 Å². The van der Waals surface area contributed by atoms with Crippen molar-refractivity contribution in [2.75, 3.05) is 18.0 Å². The van der Waals surface area contributed by atoms with Gasteiger partial charge in [-0.2, -0.15) is 0 Å². The molecule has 1 saturated heterocycles. The van der Waals surface area contributed by atoms with Crippen LogP contribution >= 0.6 is 0 Å². The number of carbonyl (C=O) groups is 1. The zero-order valence-electron chi connectivity index (χ0n) is 16.2. The fraction of sp³-hybridized carbons (Fsp3) is 0.500. The lowest BCUT2D eigenvalue weighted by Gasteiger charge is -2.34. The molecule has 4 heterocycles. The molecule has 3 aromatic rings. The molecule has 0 bridgehead atoms. The number of nitrogens with zero attached hydrogens (tertiary/aromatic N) is 4. The predicted molar refractivity (Wildman–Crippen MR) is 110 cm³/mol. The van der Waals surface area contributed by atoms with Crippen LogP contribution in [-0.2, 0) is 4.79 Å². The van der Waals surface area contributed by atoms with E-state index in [9.17, 15) is 4.79 Å². The van der Waals surface area contributed by atoms with Gasteiger partial charge in [0.15, 0.2) is 11.5 Å². The molecule has 1 atom stereocenters. The number of piperidine rings is 1. The first-order valence-electron chi connectivity index (χ1n) is 10.6. The van der Waals surface area contributed by atoms with Crippen LogP contribution in [0.4, 0.5) is 5.82 Å². The summed E-state index contributed by atoms with van der Waals surface area (Å²) in [6.45, 7) is 1.66. The van der Waals surface area contributed by atoms with Crippen LogP contribution in [0.2, 0.25) is 0 Å². The van der Waals surface area contributed by atoms with Gasteiger partial charge >= 0.3 is 0 Å². The number of aromatic nitrogens is 3. The topological polar surface area (TPSA) is 62.5 Å². The molecule has 0 radical (unpaired) electrons. The monoisotopic (exact) mass is 377 g/mol. The molecule has 0 spiro atoms. The molecule has 6 nitrogen and oxygen atoms in total. The Bertz CT molecular complexity index is 991. The fourth-order valence-corrected chi connectivity index (χ4v) is 4.78. The van der Waals surface area contributed by atoms with E-state index in [0.717, 1.165) is 61.3 Å². The molecule has 1 aliphatic carbocycles. The van der Waals surface area contributed by atoms with Crippen molar-refractivity contribution in [1.82, 2.24) is 19.7 Å². The third kappa shape index (κ3) is 3.21. The smallest absolute Gasteiger partial charge is 0.225 e. The van der Waals surface area contributed by atoms with Crippen LogP contribution in [0, 0.1) is 5.92 Å². The Balaban J connectivity index is 1.40. The third-order valence-electron chi connectivity index (χ3n) is 6.26. The number of rotatable bonds is 3. The summed E-state index contributed by atoms with van der Waals surface area (Å²) in [4.78, 5) is 24.5. The summed E-state index contributed by atoms with van der Waals surface area (Å²) in [5.41, 5.74) is 2.83. The van der Waals surface area contributed by atoms with Crippen LogP contribution in [0.15, 0.2) is 36.7 Å². The maximum absolute atomic E-state index is 12.9. The largest absolute Gasteiger partial charge is 0.354 e. The summed E-state index contributed by atoms with van der Waals surface area (Å²) in [5.74, 6) is 1.19. The number of hydrogen-bond donors (Lipinski definition) is 1. The summed E-state index contributed by atoms with van der Waals surface area (Å²) in [5, 5.41) is 3.32. The molecule has 3 aromatic heterocycles. The van der Waals surface area contributed by atoms with E-state index in [1.54, 1.807) is 6.20 Å². The zero-order chi connectivity index (χ0) is 18.9. The molecule has 2 aliphatic rings. The zero-order valence-corrected chi connectivity index (χ0v) is 16.2. The van der Waals surface area contributed by atoms with Gasteiger partial charge in [0, 0.05) is 31.5 Å². The van der Waals surface area contributed by atoms with Gasteiger partial charge in [-0.1, -0.05) is 19.3 Å². The predicted octanol–water partition coefficient (Wildman–Crippen LogP) is 3.55. The average molecular weight is 377 g/mol. The van der Waals surface area contributed by atoms with Gasteiger partial charge in [0.2, 0.25) is 5.91 Å². The van der Waals surface area contributed by atoms with Gasteiger partial charge in [0.25, 0.3) is 0 Å². The van der Waals surface area contributed by atoms with Gasteiger partial charge in [0.05, 0.1) is 17.0 Å². The van der Waals surface area contributed by atoms with Gasteiger partial charge < -0.3 is 14.6 Å². The Morgan fingerprint density at radius 2 is 1.89 bits per heavy atom. The van der Waals surface area contributed by atoms with Crippen molar-refractivity contribution < 1.29 is 4.79 Å². The van der Waals surface area contributed by atoms with Gasteiger partial charge in [0.1, 0.15) is 0 Å². The number of carbonyl (C=O) groups excluding carboxylic acids is 1. The van der Waals surface area contributed by atoms with Crippen molar-refractivity contribution in [3.8, 4) is 0 Å². The minimum Gasteiger partial charge on any atom is -0.354 e. The minimum atomic E-state index is 0.0342. The highest BCUT2D eigenvalue weighted by Gasteiger charge is 2.29. The highest BCUT2D eigenvalue weighted by atomic mass is 16.2. The molecule has 1 N–H and O–H groups in total. The van der Waals surface area contributed by atoms with Gasteiger partial charge in [-0.3, -0.25) is 4.79 Å². The second kappa shape index (κ2) is 7.41. The molecule has 2 fully saturated rings. The lowest BCUT2D eigenvalue weighted by Crippen LogP contribution is -2.46. The van der Waals surface area contributed by atoms with Crippen molar-refractivity contribution in [1.29, 1.82) is 0 Å². The lowest BCUT2D eigenvalue weighted by molar-refractivity contribution is -0.126. The van der Waals surface area contributed by atoms with E-state index in [1.165, 1.54) is 19.3 Å². The van der Waals surface area contributed by atoms with Gasteiger partial charge in [-0.25, -0.2) is 9.97 Å². The first kappa shape index (κ1) is 17.5. The Kier molecular flexibility index (Phi) is 4.63. The molecule has 146 valence electrons. The normalized spacial score (nSPS) is 21.3. The van der Waals surface area contributed by atoms with Crippen molar-refractivity contribution in [3.05, 3.63) is 36.7 Å². The first-order chi connectivity index (χ1) is 13.8. The maximum atomic E-state index is 12.9. The molecule has 28 heavy (non-hydrogen) atoms. The molecule has 1 unspecified atom stereocenters. The number of hydrogen-bond acceptors (Lipinski definition) is 4. The van der Waals surface area contributed by atoms with Crippen LogP contribution < -0.4 is 10.2 Å². The standard InChI is InChI=1S/C22H27N5O/c28-22(24-17-8-2-1-3-9-17)16-7-5-13-26(15-16)21-19-11-6-14-27(19)18-10-4-12-23-20(18)25-21/h4,6,10-12,14,16-17H,1-3,5,7-9,13,15H2,(H,24,28). The van der Waals surface area contributed by atoms with Crippen molar-refractivity contribution >= 4 is 28.4 Å². The van der Waals surface area contributed by atoms with E-state index in [4.69, 9.17) is 4.98 Å². The van der Waals surface area contributed by atoms with E-state index in [0.29, 0.717) is 6.04 Å². The number of amides is 1. The maximum Gasteiger partial charge on any atom is 0.225 e. The lowest BCUT2D eigenvalue weighted by atomic mass is 9.93. The van der Waals surface area contributed by atoms with E-state index < -0.39 is 0 Å². The van der Waals surface area contributed by atoms with E-state index >= 15 is 0 Å². The number of pyridine rings is 1. The Labute approximate surface area is 165 Å². The van der Waals surface area contributed by atoms with Gasteiger partial charge in [-0.15, -0.1) is 0 Å². The molecule has 6 heteroatoms. The molecule has 0 aromatic carbocycles. The minimum absolute atomic E-state index is 0.0342. The van der Waals surface area contributed by atoms with Crippen LogP contribution in [0.5, 0.6) is 0 Å². The second-order valence-electron chi connectivity index (χ2n) is 8.17. The number of fused-ring (bicyclic) bond motifs is 3. The van der Waals surface area contributed by atoms with Gasteiger partial charge in [-0.05, 0) is 49.9 Å². The summed E-state index contributed by atoms with van der Waals surface area (Å²) in [7, 11) is 0.